The molecule has 1 unspecified atom stereocenters. The smallest absolute Gasteiger partial charge is 0.193 e. The highest BCUT2D eigenvalue weighted by Crippen LogP contribution is 2.40. The molecule has 2 heterocycles. The van der Waals surface area contributed by atoms with Crippen LogP contribution in [0, 0.1) is 16.7 Å². The maximum absolute atomic E-state index is 10.1. The topological polar surface area (TPSA) is 69.7 Å². The third kappa shape index (κ3) is 4.05. The lowest BCUT2D eigenvalue weighted by atomic mass is 9.88. The Labute approximate surface area is 179 Å². The van der Waals surface area contributed by atoms with Gasteiger partial charge in [0.15, 0.2) is 17.9 Å². The molecule has 3 rings (SSSR count). The molecule has 1 aliphatic heterocycles. The van der Waals surface area contributed by atoms with Gasteiger partial charge in [-0.1, -0.05) is 51.1 Å². The van der Waals surface area contributed by atoms with Crippen LogP contribution < -0.4 is 9.91 Å². The SMILES string of the molecule is CCOC1C(C(C)(C)C)=NN(Cc2ccccc2)c2c(C#N)c(N(CC)CC)nn21. The molecule has 1 aromatic heterocycles. The van der Waals surface area contributed by atoms with E-state index in [1.165, 1.54) is 0 Å². The molecule has 2 aromatic rings. The number of aromatic nitrogens is 2. The maximum Gasteiger partial charge on any atom is 0.193 e. The Kier molecular flexibility index (Phi) is 6.47. The molecule has 0 amide bonds. The second-order valence-corrected chi connectivity index (χ2v) is 8.34. The molecule has 0 saturated carbocycles. The van der Waals surface area contributed by atoms with Crippen LogP contribution in [0.5, 0.6) is 0 Å². The van der Waals surface area contributed by atoms with E-state index in [-0.39, 0.29) is 5.41 Å². The van der Waals surface area contributed by atoms with Crippen molar-refractivity contribution in [1.82, 2.24) is 9.78 Å². The summed E-state index contributed by atoms with van der Waals surface area (Å²) in [5.41, 5.74) is 2.33. The van der Waals surface area contributed by atoms with E-state index < -0.39 is 6.23 Å². The highest BCUT2D eigenvalue weighted by molar-refractivity contribution is 5.94. The van der Waals surface area contributed by atoms with E-state index >= 15 is 0 Å². The Balaban J connectivity index is 2.22. The lowest BCUT2D eigenvalue weighted by Gasteiger charge is -2.36. The van der Waals surface area contributed by atoms with Gasteiger partial charge in [-0.05, 0) is 26.3 Å². The van der Waals surface area contributed by atoms with Gasteiger partial charge < -0.3 is 9.64 Å². The van der Waals surface area contributed by atoms with Crippen molar-refractivity contribution >= 4 is 17.3 Å². The van der Waals surface area contributed by atoms with E-state index in [4.69, 9.17) is 14.9 Å². The van der Waals surface area contributed by atoms with Gasteiger partial charge in [0.2, 0.25) is 0 Å². The summed E-state index contributed by atoms with van der Waals surface area (Å²) in [6.07, 6.45) is -0.437. The highest BCUT2D eigenvalue weighted by atomic mass is 16.5. The molecule has 0 aliphatic carbocycles. The minimum Gasteiger partial charge on any atom is -0.355 e. The van der Waals surface area contributed by atoms with Gasteiger partial charge >= 0.3 is 0 Å². The quantitative estimate of drug-likeness (QED) is 0.672. The summed E-state index contributed by atoms with van der Waals surface area (Å²) >= 11 is 0. The van der Waals surface area contributed by atoms with E-state index in [0.717, 1.165) is 24.4 Å². The van der Waals surface area contributed by atoms with Crippen LogP contribution in [-0.2, 0) is 11.3 Å². The third-order valence-corrected chi connectivity index (χ3v) is 5.24. The molecule has 0 radical (unpaired) electrons. The molecule has 0 spiro atoms. The van der Waals surface area contributed by atoms with Crippen LogP contribution in [0.15, 0.2) is 35.4 Å². The van der Waals surface area contributed by atoms with Gasteiger partial charge in [-0.2, -0.15) is 10.4 Å². The number of anilines is 2. The number of rotatable bonds is 7. The highest BCUT2D eigenvalue weighted by Gasteiger charge is 2.40. The molecule has 0 N–H and O–H groups in total. The minimum atomic E-state index is -0.437. The van der Waals surface area contributed by atoms with E-state index in [9.17, 15) is 5.26 Å². The van der Waals surface area contributed by atoms with Crippen molar-refractivity contribution < 1.29 is 4.74 Å². The van der Waals surface area contributed by atoms with E-state index in [1.807, 2.05) is 34.8 Å². The summed E-state index contributed by atoms with van der Waals surface area (Å²) in [7, 11) is 0. The Morgan fingerprint density at radius 2 is 1.80 bits per heavy atom. The molecule has 30 heavy (non-hydrogen) atoms. The predicted octanol–water partition coefficient (Wildman–Crippen LogP) is 4.56. The largest absolute Gasteiger partial charge is 0.355 e. The molecule has 1 atom stereocenters. The van der Waals surface area contributed by atoms with Crippen LogP contribution in [0.1, 0.15) is 58.9 Å². The van der Waals surface area contributed by atoms with Crippen molar-refractivity contribution in [2.45, 2.75) is 54.3 Å². The first-order valence-electron chi connectivity index (χ1n) is 10.6. The zero-order valence-electron chi connectivity index (χ0n) is 18.9. The minimum absolute atomic E-state index is 0.222. The first-order valence-corrected chi connectivity index (χ1v) is 10.6. The molecule has 0 saturated heterocycles. The molecule has 7 heteroatoms. The lowest BCUT2D eigenvalue weighted by Crippen LogP contribution is -2.41. The maximum atomic E-state index is 10.1. The van der Waals surface area contributed by atoms with Crippen molar-refractivity contribution in [3.8, 4) is 6.07 Å². The molecule has 1 aromatic carbocycles. The number of benzene rings is 1. The predicted molar refractivity (Wildman–Crippen MR) is 121 cm³/mol. The Morgan fingerprint density at radius 3 is 2.33 bits per heavy atom. The van der Waals surface area contributed by atoms with Gasteiger partial charge in [-0.15, -0.1) is 5.10 Å². The van der Waals surface area contributed by atoms with Gasteiger partial charge in [-0.3, -0.25) is 0 Å². The fourth-order valence-corrected chi connectivity index (χ4v) is 3.71. The summed E-state index contributed by atoms with van der Waals surface area (Å²) in [4.78, 5) is 2.10. The van der Waals surface area contributed by atoms with Crippen molar-refractivity contribution in [1.29, 1.82) is 5.26 Å². The third-order valence-electron chi connectivity index (χ3n) is 5.24. The Hall–Kier alpha value is -2.85. The number of nitriles is 1. The summed E-state index contributed by atoms with van der Waals surface area (Å²) in [5.74, 6) is 1.38. The summed E-state index contributed by atoms with van der Waals surface area (Å²) in [6.45, 7) is 15.1. The number of hydrogen-bond acceptors (Lipinski definition) is 6. The second kappa shape index (κ2) is 8.88. The van der Waals surface area contributed by atoms with Crippen LogP contribution in [-0.4, -0.2) is 35.2 Å². The van der Waals surface area contributed by atoms with Crippen molar-refractivity contribution in [3.63, 3.8) is 0 Å². The van der Waals surface area contributed by atoms with Crippen LogP contribution in [0.4, 0.5) is 11.6 Å². The van der Waals surface area contributed by atoms with Gasteiger partial charge in [0.25, 0.3) is 0 Å². The average molecular weight is 409 g/mol. The number of ether oxygens (including phenoxy) is 1. The first-order chi connectivity index (χ1) is 14.3. The summed E-state index contributed by atoms with van der Waals surface area (Å²) < 4.78 is 7.98. The standard InChI is InChI=1S/C23H32N6O/c1-7-27(8-2)20-18(15-24)21-28(16-17-13-11-10-12-14-17)25-19(23(4,5)6)22(30-9-3)29(21)26-20/h10-14,22H,7-9,16H2,1-6H3. The van der Waals surface area contributed by atoms with E-state index in [1.54, 1.807) is 0 Å². The van der Waals surface area contributed by atoms with Crippen LogP contribution in [0.2, 0.25) is 0 Å². The number of fused-ring (bicyclic) bond motifs is 1. The molecule has 0 bridgehead atoms. The van der Waals surface area contributed by atoms with Crippen LogP contribution in [0.3, 0.4) is 0 Å². The number of hydrogen-bond donors (Lipinski definition) is 0. The van der Waals surface area contributed by atoms with Crippen molar-refractivity contribution in [2.24, 2.45) is 10.5 Å². The van der Waals surface area contributed by atoms with Crippen molar-refractivity contribution in [2.75, 3.05) is 29.6 Å². The Morgan fingerprint density at radius 1 is 1.13 bits per heavy atom. The van der Waals surface area contributed by atoms with Gasteiger partial charge in [-0.25, -0.2) is 9.69 Å². The summed E-state index contributed by atoms with van der Waals surface area (Å²) in [5, 5.41) is 21.9. The normalized spacial score (nSPS) is 16.1. The van der Waals surface area contributed by atoms with Crippen LogP contribution in [0.25, 0.3) is 0 Å². The summed E-state index contributed by atoms with van der Waals surface area (Å²) in [6, 6.07) is 12.6. The lowest BCUT2D eigenvalue weighted by molar-refractivity contribution is 0.0451. The zero-order chi connectivity index (χ0) is 21.9. The average Bonchev–Trinajstić information content (AvgIpc) is 3.10. The second-order valence-electron chi connectivity index (χ2n) is 8.34. The number of nitrogens with zero attached hydrogens (tertiary/aromatic N) is 6. The molecule has 1 aliphatic rings. The fourth-order valence-electron chi connectivity index (χ4n) is 3.71. The fraction of sp³-hybridized carbons (Fsp3) is 0.522. The molecule has 7 nitrogen and oxygen atoms in total. The molecule has 160 valence electrons. The first kappa shape index (κ1) is 21.8. The Bertz CT molecular complexity index is 931. The monoisotopic (exact) mass is 408 g/mol. The van der Waals surface area contributed by atoms with E-state index in [2.05, 4.69) is 57.7 Å². The zero-order valence-corrected chi connectivity index (χ0v) is 18.9. The molecule has 0 fully saturated rings. The van der Waals surface area contributed by atoms with Crippen molar-refractivity contribution in [3.05, 3.63) is 41.5 Å². The number of hydrazone groups is 1. The van der Waals surface area contributed by atoms with Gasteiger partial charge in [0, 0.05) is 25.1 Å². The van der Waals surface area contributed by atoms with Crippen LogP contribution >= 0.6 is 0 Å². The van der Waals surface area contributed by atoms with Gasteiger partial charge in [0.05, 0.1) is 12.3 Å². The molecular formula is C23H32N6O. The molecular weight excluding hydrogens is 376 g/mol. The van der Waals surface area contributed by atoms with E-state index in [0.29, 0.717) is 30.4 Å². The van der Waals surface area contributed by atoms with Gasteiger partial charge in [0.1, 0.15) is 11.6 Å².